The molecule has 4 nitrogen and oxygen atoms in total. The molecule has 100 valence electrons. The summed E-state index contributed by atoms with van der Waals surface area (Å²) in [5.74, 6) is 1.83. The summed E-state index contributed by atoms with van der Waals surface area (Å²) in [6.07, 6.45) is 0.760. The minimum absolute atomic E-state index is 0.266. The highest BCUT2D eigenvalue weighted by atomic mass is 32.2. The van der Waals surface area contributed by atoms with Crippen LogP contribution in [0, 0.1) is 0 Å². The summed E-state index contributed by atoms with van der Waals surface area (Å²) in [6.45, 7) is 6.23. The van der Waals surface area contributed by atoms with Crippen molar-refractivity contribution in [1.29, 1.82) is 0 Å². The van der Waals surface area contributed by atoms with Gasteiger partial charge in [0.25, 0.3) is 0 Å². The van der Waals surface area contributed by atoms with Crippen molar-refractivity contribution in [2.24, 2.45) is 5.14 Å². The van der Waals surface area contributed by atoms with Gasteiger partial charge in [0, 0.05) is 0 Å². The average molecular weight is 269 g/mol. The Morgan fingerprint density at radius 1 is 1.39 bits per heavy atom. The van der Waals surface area contributed by atoms with E-state index in [1.54, 1.807) is 0 Å². The third-order valence-electron chi connectivity index (χ3n) is 3.31. The molecule has 1 aromatic rings. The summed E-state index contributed by atoms with van der Waals surface area (Å²) in [5, 5.41) is 5.51. The van der Waals surface area contributed by atoms with E-state index in [0.717, 1.165) is 23.5 Å². The fourth-order valence-corrected chi connectivity index (χ4v) is 2.57. The van der Waals surface area contributed by atoms with Gasteiger partial charge in [-0.15, -0.1) is 0 Å². The van der Waals surface area contributed by atoms with Crippen molar-refractivity contribution in [2.75, 3.05) is 6.79 Å². The second-order valence-corrected chi connectivity index (χ2v) is 6.97. The number of hydrogen-bond acceptors (Lipinski definition) is 3. The molecule has 2 rings (SSSR count). The van der Waals surface area contributed by atoms with Crippen molar-refractivity contribution in [2.45, 2.75) is 37.9 Å². The van der Waals surface area contributed by atoms with Crippen LogP contribution < -0.4 is 14.6 Å². The maximum absolute atomic E-state index is 11.5. The Kier molecular flexibility index (Phi) is 3.64. The van der Waals surface area contributed by atoms with E-state index in [9.17, 15) is 4.21 Å². The zero-order valence-corrected chi connectivity index (χ0v) is 11.8. The lowest BCUT2D eigenvalue weighted by molar-refractivity contribution is 0.174. The molecule has 0 aliphatic carbocycles. The van der Waals surface area contributed by atoms with Gasteiger partial charge in [-0.25, -0.2) is 4.21 Å². The Morgan fingerprint density at radius 3 is 2.72 bits per heavy atom. The highest BCUT2D eigenvalue weighted by molar-refractivity contribution is 7.84. The van der Waals surface area contributed by atoms with E-state index in [0.29, 0.717) is 0 Å². The topological polar surface area (TPSA) is 61.6 Å². The second-order valence-electron chi connectivity index (χ2n) is 5.27. The molecule has 0 amide bonds. The zero-order valence-electron chi connectivity index (χ0n) is 10.9. The van der Waals surface area contributed by atoms with Crippen molar-refractivity contribution in [3.05, 3.63) is 23.8 Å². The van der Waals surface area contributed by atoms with Crippen molar-refractivity contribution in [3.8, 4) is 11.5 Å². The Hall–Kier alpha value is -1.07. The van der Waals surface area contributed by atoms with E-state index in [2.05, 4.69) is 6.92 Å². The lowest BCUT2D eigenvalue weighted by atomic mass is 9.91. The first-order valence-electron chi connectivity index (χ1n) is 5.96. The van der Waals surface area contributed by atoms with E-state index in [4.69, 9.17) is 14.6 Å². The van der Waals surface area contributed by atoms with Crippen molar-refractivity contribution in [1.82, 2.24) is 0 Å². The van der Waals surface area contributed by atoms with Crippen molar-refractivity contribution in [3.63, 3.8) is 0 Å². The van der Waals surface area contributed by atoms with Gasteiger partial charge in [0.05, 0.1) is 15.7 Å². The number of fused-ring (bicyclic) bond motifs is 1. The van der Waals surface area contributed by atoms with E-state index in [1.807, 2.05) is 32.0 Å². The molecule has 1 aliphatic heterocycles. The molecule has 1 heterocycles. The normalized spacial score (nSPS) is 17.6. The van der Waals surface area contributed by atoms with Crippen LogP contribution in [-0.4, -0.2) is 15.7 Å². The van der Waals surface area contributed by atoms with Crippen LogP contribution in [0.1, 0.15) is 38.7 Å². The highest BCUT2D eigenvalue weighted by Gasteiger charge is 2.27. The van der Waals surface area contributed by atoms with Crippen molar-refractivity contribution < 1.29 is 13.7 Å². The fourth-order valence-electron chi connectivity index (χ4n) is 2.16. The van der Waals surface area contributed by atoms with Crippen LogP contribution >= 0.6 is 0 Å². The first-order valence-corrected chi connectivity index (χ1v) is 7.17. The monoisotopic (exact) mass is 269 g/mol. The summed E-state index contributed by atoms with van der Waals surface area (Å²) in [6, 6.07) is 5.93. The largest absolute Gasteiger partial charge is 0.454 e. The molecule has 0 fully saturated rings. The van der Waals surface area contributed by atoms with Crippen LogP contribution in [0.2, 0.25) is 0 Å². The maximum atomic E-state index is 11.5. The summed E-state index contributed by atoms with van der Waals surface area (Å²) in [5.41, 5.74) is 1.15. The van der Waals surface area contributed by atoms with E-state index in [-0.39, 0.29) is 12.7 Å². The summed E-state index contributed by atoms with van der Waals surface area (Å²) in [4.78, 5) is 0. The predicted octanol–water partition coefficient (Wildman–Crippen LogP) is 2.31. The lowest BCUT2D eigenvalue weighted by Crippen LogP contribution is -2.33. The van der Waals surface area contributed by atoms with Crippen LogP contribution in [0.15, 0.2) is 18.2 Å². The summed E-state index contributed by atoms with van der Waals surface area (Å²) >= 11 is 0. The van der Waals surface area contributed by atoms with Crippen molar-refractivity contribution >= 4 is 11.0 Å². The number of rotatable bonds is 4. The number of ether oxygens (including phenoxy) is 2. The third-order valence-corrected chi connectivity index (χ3v) is 4.56. The van der Waals surface area contributed by atoms with Crippen LogP contribution in [0.3, 0.4) is 0 Å². The molecule has 1 aliphatic rings. The van der Waals surface area contributed by atoms with E-state index >= 15 is 0 Å². The number of benzene rings is 1. The fraction of sp³-hybridized carbons (Fsp3) is 0.538. The van der Waals surface area contributed by atoms with E-state index < -0.39 is 15.7 Å². The maximum Gasteiger partial charge on any atom is 0.231 e. The molecular weight excluding hydrogens is 250 g/mol. The van der Waals surface area contributed by atoms with Gasteiger partial charge in [0.2, 0.25) is 6.79 Å². The van der Waals surface area contributed by atoms with Crippen LogP contribution in [0.25, 0.3) is 0 Å². The van der Waals surface area contributed by atoms with Crippen LogP contribution in [-0.2, 0) is 11.0 Å². The van der Waals surface area contributed by atoms with Gasteiger partial charge < -0.3 is 9.47 Å². The number of nitrogens with two attached hydrogens (primary N) is 1. The minimum Gasteiger partial charge on any atom is -0.454 e. The van der Waals surface area contributed by atoms with Gasteiger partial charge in [0.15, 0.2) is 11.5 Å². The second kappa shape index (κ2) is 4.90. The van der Waals surface area contributed by atoms with Gasteiger partial charge >= 0.3 is 0 Å². The Morgan fingerprint density at radius 2 is 2.06 bits per heavy atom. The van der Waals surface area contributed by atoms with Gasteiger partial charge in [-0.3, -0.25) is 5.14 Å². The predicted molar refractivity (Wildman–Crippen MR) is 72.0 cm³/mol. The smallest absolute Gasteiger partial charge is 0.231 e. The molecule has 18 heavy (non-hydrogen) atoms. The SMILES string of the molecule is C[C@H](CC(C)(C)S(N)=O)c1ccc2c(c1)OCO2. The molecule has 1 unspecified atom stereocenters. The molecule has 0 aromatic heterocycles. The first-order chi connectivity index (χ1) is 8.40. The van der Waals surface area contributed by atoms with Crippen LogP contribution in [0.4, 0.5) is 0 Å². The molecule has 0 saturated heterocycles. The molecular formula is C13H19NO3S. The Labute approximate surface area is 110 Å². The zero-order chi connectivity index (χ0) is 13.3. The molecule has 0 bridgehead atoms. The molecule has 0 saturated carbocycles. The van der Waals surface area contributed by atoms with E-state index in [1.165, 1.54) is 0 Å². The standard InChI is InChI=1S/C13H19NO3S/c1-9(7-13(2,3)18(14)15)10-4-5-11-12(6-10)17-8-16-11/h4-6,9H,7-8,14H2,1-3H3/t9-,18?/m1/s1. The number of hydrogen-bond donors (Lipinski definition) is 1. The van der Waals surface area contributed by atoms with Gasteiger partial charge in [-0.2, -0.15) is 0 Å². The van der Waals surface area contributed by atoms with Gasteiger partial charge in [-0.1, -0.05) is 13.0 Å². The molecule has 5 heteroatoms. The van der Waals surface area contributed by atoms with Gasteiger partial charge in [-0.05, 0) is 43.9 Å². The lowest BCUT2D eigenvalue weighted by Gasteiger charge is -2.25. The summed E-state index contributed by atoms with van der Waals surface area (Å²) < 4.78 is 21.7. The quantitative estimate of drug-likeness (QED) is 0.912. The molecule has 2 atom stereocenters. The molecule has 2 N–H and O–H groups in total. The Balaban J connectivity index is 2.14. The molecule has 1 aromatic carbocycles. The first kappa shape index (κ1) is 13.4. The highest BCUT2D eigenvalue weighted by Crippen LogP contribution is 2.36. The third kappa shape index (κ3) is 2.67. The molecule has 0 radical (unpaired) electrons. The molecule has 0 spiro atoms. The minimum atomic E-state index is -1.33. The summed E-state index contributed by atoms with van der Waals surface area (Å²) in [7, 11) is -1.33. The van der Waals surface area contributed by atoms with Gasteiger partial charge in [0.1, 0.15) is 0 Å². The Bertz CT molecular complexity index is 473. The average Bonchev–Trinajstić information content (AvgIpc) is 2.74. The van der Waals surface area contributed by atoms with Crippen LogP contribution in [0.5, 0.6) is 11.5 Å².